The van der Waals surface area contributed by atoms with Gasteiger partial charge in [-0.1, -0.05) is 31.6 Å². The van der Waals surface area contributed by atoms with E-state index in [0.717, 1.165) is 37.8 Å². The number of ketones is 1. The molecule has 0 heterocycles. The Balaban J connectivity index is 1.37. The third-order valence-corrected chi connectivity index (χ3v) is 9.64. The van der Waals surface area contributed by atoms with Crippen LogP contribution in [-0.2, 0) is 9.59 Å². The lowest BCUT2D eigenvalue weighted by Crippen LogP contribution is -2.51. The maximum atomic E-state index is 13.4. The van der Waals surface area contributed by atoms with E-state index >= 15 is 0 Å². The second-order valence-corrected chi connectivity index (χ2v) is 10.8. The minimum Gasteiger partial charge on any atom is -0.495 e. The Labute approximate surface area is 185 Å². The number of allylic oxidation sites excluding steroid dienone is 1. The van der Waals surface area contributed by atoms with E-state index in [0.29, 0.717) is 35.7 Å². The molecule has 0 radical (unpaired) electrons. The molecule has 3 saturated carbocycles. The fraction of sp³-hybridized carbons (Fsp3) is 0.630. The quantitative estimate of drug-likeness (QED) is 0.673. The number of amides is 1. The first-order chi connectivity index (χ1) is 14.9. The van der Waals surface area contributed by atoms with Crippen molar-refractivity contribution in [2.75, 3.05) is 12.4 Å². The maximum absolute atomic E-state index is 13.4. The highest BCUT2D eigenvalue weighted by Gasteiger charge is 2.60. The zero-order chi connectivity index (χ0) is 21.8. The SMILES string of the molecule is COc1ccccc1NC(=O)C1CC[C@H]2[C@@H]3CCC4=CC(=O)CC[C@]4(C)[C@@H]3CC[C@]12C. The third-order valence-electron chi connectivity index (χ3n) is 9.64. The van der Waals surface area contributed by atoms with Gasteiger partial charge in [0.2, 0.25) is 5.91 Å². The number of ether oxygens (including phenoxy) is 1. The van der Waals surface area contributed by atoms with Crippen molar-refractivity contribution < 1.29 is 14.3 Å². The molecule has 4 aliphatic carbocycles. The normalized spacial score (nSPS) is 39.1. The highest BCUT2D eigenvalue weighted by molar-refractivity contribution is 5.94. The van der Waals surface area contributed by atoms with Crippen LogP contribution in [0.3, 0.4) is 0 Å². The Bertz CT molecular complexity index is 936. The van der Waals surface area contributed by atoms with Crippen LogP contribution in [0.4, 0.5) is 5.69 Å². The lowest BCUT2D eigenvalue weighted by Gasteiger charge is -2.58. The van der Waals surface area contributed by atoms with Gasteiger partial charge in [-0.15, -0.1) is 0 Å². The van der Waals surface area contributed by atoms with Crippen molar-refractivity contribution in [2.24, 2.45) is 34.5 Å². The van der Waals surface area contributed by atoms with Gasteiger partial charge in [0.25, 0.3) is 0 Å². The van der Waals surface area contributed by atoms with E-state index in [2.05, 4.69) is 19.2 Å². The Morgan fingerprint density at radius 3 is 2.65 bits per heavy atom. The number of fused-ring (bicyclic) bond motifs is 5. The van der Waals surface area contributed by atoms with Crippen molar-refractivity contribution in [3.8, 4) is 5.75 Å². The Hall–Kier alpha value is -2.10. The molecule has 1 N–H and O–H groups in total. The summed E-state index contributed by atoms with van der Waals surface area (Å²) < 4.78 is 5.44. The summed E-state index contributed by atoms with van der Waals surface area (Å²) in [6.07, 6.45) is 10.4. The zero-order valence-corrected chi connectivity index (χ0v) is 19.1. The van der Waals surface area contributed by atoms with Crippen molar-refractivity contribution in [3.63, 3.8) is 0 Å². The van der Waals surface area contributed by atoms with Gasteiger partial charge in [-0.05, 0) is 91.7 Å². The molecule has 0 aliphatic heterocycles. The van der Waals surface area contributed by atoms with Gasteiger partial charge in [0.05, 0.1) is 12.8 Å². The number of carbonyl (C=O) groups excluding carboxylic acids is 2. The molecular formula is C27H35NO3. The number of nitrogens with one attached hydrogen (secondary N) is 1. The molecule has 4 nitrogen and oxygen atoms in total. The van der Waals surface area contributed by atoms with Crippen molar-refractivity contribution in [1.29, 1.82) is 0 Å². The van der Waals surface area contributed by atoms with Gasteiger partial charge >= 0.3 is 0 Å². The van der Waals surface area contributed by atoms with E-state index in [4.69, 9.17) is 4.74 Å². The van der Waals surface area contributed by atoms with E-state index in [-0.39, 0.29) is 22.7 Å². The molecule has 1 aromatic rings. The molecule has 0 saturated heterocycles. The molecular weight excluding hydrogens is 386 g/mol. The van der Waals surface area contributed by atoms with Crippen LogP contribution in [0, 0.1) is 34.5 Å². The number of hydrogen-bond donors (Lipinski definition) is 1. The minimum atomic E-state index is 0.0565. The summed E-state index contributed by atoms with van der Waals surface area (Å²) in [5.74, 6) is 3.19. The molecule has 0 aromatic heterocycles. The number of benzene rings is 1. The van der Waals surface area contributed by atoms with Crippen LogP contribution >= 0.6 is 0 Å². The third kappa shape index (κ3) is 3.16. The van der Waals surface area contributed by atoms with Crippen LogP contribution in [0.2, 0.25) is 0 Å². The standard InChI is InChI=1S/C27H35NO3/c1-26-14-12-18(29)16-17(26)8-9-19-20-10-11-22(27(20,2)15-13-21(19)26)25(30)28-23-6-4-5-7-24(23)31-3/h4-7,16,19-22H,8-15H2,1-3H3,(H,28,30)/t19-,20-,21+,22?,26-,27-/m0/s1. The molecule has 3 fully saturated rings. The van der Waals surface area contributed by atoms with Crippen molar-refractivity contribution in [1.82, 2.24) is 0 Å². The molecule has 166 valence electrons. The van der Waals surface area contributed by atoms with E-state index in [1.54, 1.807) is 7.11 Å². The topological polar surface area (TPSA) is 55.4 Å². The molecule has 6 atom stereocenters. The minimum absolute atomic E-state index is 0.0565. The summed E-state index contributed by atoms with van der Waals surface area (Å²) in [6, 6.07) is 7.67. The van der Waals surface area contributed by atoms with E-state index < -0.39 is 0 Å². The van der Waals surface area contributed by atoms with Crippen LogP contribution in [0.15, 0.2) is 35.9 Å². The van der Waals surface area contributed by atoms with Crippen LogP contribution in [0.25, 0.3) is 0 Å². The molecule has 31 heavy (non-hydrogen) atoms. The van der Waals surface area contributed by atoms with Gasteiger partial charge in [0, 0.05) is 12.3 Å². The number of anilines is 1. The largest absolute Gasteiger partial charge is 0.495 e. The van der Waals surface area contributed by atoms with Gasteiger partial charge < -0.3 is 10.1 Å². The Morgan fingerprint density at radius 1 is 1.03 bits per heavy atom. The summed E-state index contributed by atoms with van der Waals surface area (Å²) in [4.78, 5) is 25.5. The van der Waals surface area contributed by atoms with Crippen molar-refractivity contribution in [3.05, 3.63) is 35.9 Å². The summed E-state index contributed by atoms with van der Waals surface area (Å²) in [5, 5.41) is 3.18. The average molecular weight is 422 g/mol. The lowest BCUT2D eigenvalue weighted by molar-refractivity contribution is -0.127. The molecule has 0 bridgehead atoms. The number of rotatable bonds is 3. The predicted molar refractivity (Wildman–Crippen MR) is 122 cm³/mol. The lowest BCUT2D eigenvalue weighted by atomic mass is 9.47. The van der Waals surface area contributed by atoms with Crippen molar-refractivity contribution in [2.45, 2.75) is 65.2 Å². The van der Waals surface area contributed by atoms with Crippen molar-refractivity contribution >= 4 is 17.4 Å². The fourth-order valence-electron chi connectivity index (χ4n) is 7.96. The first-order valence-electron chi connectivity index (χ1n) is 12.0. The molecule has 1 unspecified atom stereocenters. The molecule has 4 aliphatic rings. The smallest absolute Gasteiger partial charge is 0.228 e. The van der Waals surface area contributed by atoms with Gasteiger partial charge in [0.15, 0.2) is 5.78 Å². The van der Waals surface area contributed by atoms with Crippen LogP contribution in [0.1, 0.15) is 65.2 Å². The van der Waals surface area contributed by atoms with Crippen LogP contribution in [0.5, 0.6) is 5.75 Å². The Morgan fingerprint density at radius 2 is 1.84 bits per heavy atom. The first kappa shape index (κ1) is 20.8. The molecule has 5 rings (SSSR count). The van der Waals surface area contributed by atoms with Gasteiger partial charge in [-0.3, -0.25) is 9.59 Å². The van der Waals surface area contributed by atoms with E-state index in [9.17, 15) is 9.59 Å². The average Bonchev–Trinajstić information content (AvgIpc) is 3.12. The van der Waals surface area contributed by atoms with E-state index in [1.165, 1.54) is 18.4 Å². The molecule has 0 spiro atoms. The van der Waals surface area contributed by atoms with Gasteiger partial charge in [0.1, 0.15) is 5.75 Å². The number of carbonyl (C=O) groups is 2. The van der Waals surface area contributed by atoms with Gasteiger partial charge in [-0.25, -0.2) is 0 Å². The van der Waals surface area contributed by atoms with Gasteiger partial charge in [-0.2, -0.15) is 0 Å². The fourth-order valence-corrected chi connectivity index (χ4v) is 7.96. The number of methoxy groups -OCH3 is 1. The molecule has 4 heteroatoms. The van der Waals surface area contributed by atoms with Crippen LogP contribution < -0.4 is 10.1 Å². The second kappa shape index (κ2) is 7.50. The number of hydrogen-bond acceptors (Lipinski definition) is 3. The van der Waals surface area contributed by atoms with E-state index in [1.807, 2.05) is 30.3 Å². The predicted octanol–water partition coefficient (Wildman–Crippen LogP) is 5.78. The monoisotopic (exact) mass is 421 g/mol. The Kier molecular flexibility index (Phi) is 5.02. The highest BCUT2D eigenvalue weighted by Crippen LogP contribution is 2.66. The maximum Gasteiger partial charge on any atom is 0.228 e. The molecule has 1 amide bonds. The van der Waals surface area contributed by atoms with Crippen LogP contribution in [-0.4, -0.2) is 18.8 Å². The molecule has 1 aromatic carbocycles. The summed E-state index contributed by atoms with van der Waals surface area (Å²) in [7, 11) is 1.64. The summed E-state index contributed by atoms with van der Waals surface area (Å²) >= 11 is 0. The number of para-hydroxylation sites is 2. The summed E-state index contributed by atoms with van der Waals surface area (Å²) in [6.45, 7) is 4.80. The first-order valence-corrected chi connectivity index (χ1v) is 12.0. The summed E-state index contributed by atoms with van der Waals surface area (Å²) in [5.41, 5.74) is 2.44. The zero-order valence-electron chi connectivity index (χ0n) is 19.1. The second-order valence-electron chi connectivity index (χ2n) is 10.8. The highest BCUT2D eigenvalue weighted by atomic mass is 16.5.